The number of hydrogen-bond acceptors (Lipinski definition) is 5. The van der Waals surface area contributed by atoms with Crippen molar-refractivity contribution < 1.29 is 17.9 Å². The normalized spacial score (nSPS) is 12.2. The van der Waals surface area contributed by atoms with Crippen LogP contribution in [-0.4, -0.2) is 23.7 Å². The molecule has 1 aromatic carbocycles. The Morgan fingerprint density at radius 1 is 1.39 bits per heavy atom. The van der Waals surface area contributed by atoms with E-state index < -0.39 is 6.36 Å². The molecule has 2 N–H and O–H groups in total. The molecule has 1 aromatic heterocycles. The summed E-state index contributed by atoms with van der Waals surface area (Å²) in [4.78, 5) is 4.28. The zero-order valence-electron chi connectivity index (χ0n) is 9.03. The highest BCUT2D eigenvalue weighted by Gasteiger charge is 2.28. The fraction of sp³-hybridized carbons (Fsp3) is 0.300. The first-order valence-corrected chi connectivity index (χ1v) is 6.74. The van der Waals surface area contributed by atoms with Crippen LogP contribution >= 0.6 is 23.1 Å². The average molecular weight is 294 g/mol. The Hall–Kier alpha value is -0.990. The van der Waals surface area contributed by atoms with E-state index >= 15 is 0 Å². The molecule has 8 heteroatoms. The van der Waals surface area contributed by atoms with Crippen LogP contribution in [0.25, 0.3) is 10.2 Å². The molecule has 1 heterocycles. The van der Waals surface area contributed by atoms with E-state index in [9.17, 15) is 13.2 Å². The maximum Gasteiger partial charge on any atom is 0.522 e. The summed E-state index contributed by atoms with van der Waals surface area (Å²) in [5.74, 6) is 0.203. The minimum absolute atomic E-state index is 0.203. The quantitative estimate of drug-likeness (QED) is 0.532. The molecule has 0 fully saturated rings. The summed E-state index contributed by atoms with van der Waals surface area (Å²) >= 11 is 2.64. The number of anilines is 1. The molecule has 0 aliphatic rings. The molecular formula is C10H9F3N2OS2. The molecule has 0 amide bonds. The third-order valence-corrected chi connectivity index (χ3v) is 4.09. The van der Waals surface area contributed by atoms with E-state index in [0.29, 0.717) is 10.0 Å². The molecule has 0 radical (unpaired) electrons. The van der Waals surface area contributed by atoms with Crippen molar-refractivity contribution in [2.24, 2.45) is 0 Å². The Labute approximate surface area is 109 Å². The van der Waals surface area contributed by atoms with Gasteiger partial charge in [0.15, 0.2) is 4.34 Å². The van der Waals surface area contributed by atoms with Gasteiger partial charge in [-0.3, -0.25) is 4.74 Å². The lowest BCUT2D eigenvalue weighted by Gasteiger charge is -2.05. The van der Waals surface area contributed by atoms with Crippen molar-refractivity contribution in [3.8, 4) is 0 Å². The standard InChI is InChI=1S/C10H9F3N2OS2/c11-10(12,13)16-3-4-17-9-15-7-2-1-6(14)5-8(7)18-9/h1-2,5H,3-4,14H2. The van der Waals surface area contributed by atoms with Crippen LogP contribution in [0.5, 0.6) is 0 Å². The summed E-state index contributed by atoms with van der Waals surface area (Å²) in [6, 6.07) is 5.32. The van der Waals surface area contributed by atoms with Gasteiger partial charge < -0.3 is 5.73 Å². The first-order valence-electron chi connectivity index (χ1n) is 4.93. The molecule has 0 saturated heterocycles. The molecule has 0 bridgehead atoms. The molecule has 0 saturated carbocycles. The predicted octanol–water partition coefficient (Wildman–Crippen LogP) is 3.51. The number of fused-ring (bicyclic) bond motifs is 1. The van der Waals surface area contributed by atoms with Crippen LogP contribution in [0, 0.1) is 0 Å². The van der Waals surface area contributed by atoms with Gasteiger partial charge in [0.05, 0.1) is 16.8 Å². The molecule has 0 atom stereocenters. The van der Waals surface area contributed by atoms with Gasteiger partial charge in [0.2, 0.25) is 0 Å². The van der Waals surface area contributed by atoms with Crippen LogP contribution in [0.4, 0.5) is 18.9 Å². The second-order valence-electron chi connectivity index (χ2n) is 3.35. The van der Waals surface area contributed by atoms with Crippen molar-refractivity contribution in [1.29, 1.82) is 0 Å². The fourth-order valence-electron chi connectivity index (χ4n) is 1.27. The number of aromatic nitrogens is 1. The number of hydrogen-bond donors (Lipinski definition) is 1. The van der Waals surface area contributed by atoms with Gasteiger partial charge >= 0.3 is 6.36 Å². The second-order valence-corrected chi connectivity index (χ2v) is 5.72. The third-order valence-electron chi connectivity index (χ3n) is 1.97. The van der Waals surface area contributed by atoms with Crippen molar-refractivity contribution in [3.05, 3.63) is 18.2 Å². The zero-order valence-corrected chi connectivity index (χ0v) is 10.7. The molecule has 2 rings (SSSR count). The summed E-state index contributed by atoms with van der Waals surface area (Å²) in [6.07, 6.45) is -4.57. The fourth-order valence-corrected chi connectivity index (χ4v) is 3.27. The molecule has 98 valence electrons. The molecule has 18 heavy (non-hydrogen) atoms. The molecule has 0 aliphatic carbocycles. The smallest absolute Gasteiger partial charge is 0.399 e. The van der Waals surface area contributed by atoms with Crippen molar-refractivity contribution in [3.63, 3.8) is 0 Å². The molecule has 0 unspecified atom stereocenters. The van der Waals surface area contributed by atoms with E-state index in [1.165, 1.54) is 23.1 Å². The highest BCUT2D eigenvalue weighted by molar-refractivity contribution is 8.01. The van der Waals surface area contributed by atoms with Gasteiger partial charge in [-0.25, -0.2) is 4.98 Å². The predicted molar refractivity (Wildman–Crippen MR) is 66.8 cm³/mol. The van der Waals surface area contributed by atoms with Crippen LogP contribution < -0.4 is 5.73 Å². The van der Waals surface area contributed by atoms with Crippen LogP contribution in [0.1, 0.15) is 0 Å². The van der Waals surface area contributed by atoms with Crippen LogP contribution in [-0.2, 0) is 4.74 Å². The number of ether oxygens (including phenoxy) is 1. The zero-order chi connectivity index (χ0) is 13.2. The van der Waals surface area contributed by atoms with Crippen LogP contribution in [0.2, 0.25) is 0 Å². The van der Waals surface area contributed by atoms with Gasteiger partial charge in [-0.1, -0.05) is 11.8 Å². The number of benzene rings is 1. The summed E-state index contributed by atoms with van der Waals surface area (Å²) in [7, 11) is 0. The molecular weight excluding hydrogens is 285 g/mol. The number of nitrogens with zero attached hydrogens (tertiary/aromatic N) is 1. The van der Waals surface area contributed by atoms with E-state index in [0.717, 1.165) is 10.2 Å². The van der Waals surface area contributed by atoms with E-state index in [2.05, 4.69) is 9.72 Å². The number of halogens is 3. The van der Waals surface area contributed by atoms with E-state index in [4.69, 9.17) is 5.73 Å². The summed E-state index contributed by atoms with van der Waals surface area (Å²) in [5, 5.41) is 0. The second kappa shape index (κ2) is 5.33. The van der Waals surface area contributed by atoms with E-state index in [1.54, 1.807) is 18.2 Å². The Kier molecular flexibility index (Phi) is 3.98. The molecule has 2 aromatic rings. The average Bonchev–Trinajstić information content (AvgIpc) is 2.65. The Morgan fingerprint density at radius 3 is 2.89 bits per heavy atom. The van der Waals surface area contributed by atoms with Crippen LogP contribution in [0.15, 0.2) is 22.5 Å². The lowest BCUT2D eigenvalue weighted by molar-refractivity contribution is -0.322. The van der Waals surface area contributed by atoms with E-state index in [-0.39, 0.29) is 12.4 Å². The minimum Gasteiger partial charge on any atom is -0.399 e. The Balaban J connectivity index is 1.92. The van der Waals surface area contributed by atoms with Gasteiger partial charge in [-0.05, 0) is 18.2 Å². The number of nitrogens with two attached hydrogens (primary N) is 1. The molecule has 0 spiro atoms. The van der Waals surface area contributed by atoms with Crippen molar-refractivity contribution in [2.75, 3.05) is 18.1 Å². The SMILES string of the molecule is Nc1ccc2nc(SCCOC(F)(F)F)sc2c1. The Morgan fingerprint density at radius 2 is 2.17 bits per heavy atom. The Bertz CT molecular complexity index is 541. The van der Waals surface area contributed by atoms with Crippen molar-refractivity contribution >= 4 is 39.0 Å². The largest absolute Gasteiger partial charge is 0.522 e. The first kappa shape index (κ1) is 13.4. The number of thiazole rings is 1. The highest BCUT2D eigenvalue weighted by atomic mass is 32.2. The van der Waals surface area contributed by atoms with Gasteiger partial charge in [0.1, 0.15) is 0 Å². The highest BCUT2D eigenvalue weighted by Crippen LogP contribution is 2.30. The monoisotopic (exact) mass is 294 g/mol. The third kappa shape index (κ3) is 3.76. The van der Waals surface area contributed by atoms with E-state index in [1.807, 2.05) is 0 Å². The van der Waals surface area contributed by atoms with Gasteiger partial charge in [-0.15, -0.1) is 24.5 Å². The molecule has 3 nitrogen and oxygen atoms in total. The lowest BCUT2D eigenvalue weighted by atomic mass is 10.3. The summed E-state index contributed by atoms with van der Waals surface area (Å²) in [6.45, 7) is -0.383. The maximum absolute atomic E-state index is 11.7. The lowest BCUT2D eigenvalue weighted by Crippen LogP contribution is -2.15. The topological polar surface area (TPSA) is 48.1 Å². The minimum atomic E-state index is -4.57. The van der Waals surface area contributed by atoms with Gasteiger partial charge in [0, 0.05) is 11.4 Å². The van der Waals surface area contributed by atoms with Crippen molar-refractivity contribution in [1.82, 2.24) is 4.98 Å². The summed E-state index contributed by atoms with van der Waals surface area (Å²) in [5.41, 5.74) is 7.07. The maximum atomic E-state index is 11.7. The number of thioether (sulfide) groups is 1. The number of alkyl halides is 3. The number of nitrogen functional groups attached to an aromatic ring is 1. The van der Waals surface area contributed by atoms with Gasteiger partial charge in [0.25, 0.3) is 0 Å². The van der Waals surface area contributed by atoms with Gasteiger partial charge in [-0.2, -0.15) is 0 Å². The summed E-state index contributed by atoms with van der Waals surface area (Å²) < 4.78 is 40.5. The van der Waals surface area contributed by atoms with Crippen molar-refractivity contribution in [2.45, 2.75) is 10.7 Å². The van der Waals surface area contributed by atoms with Crippen LogP contribution in [0.3, 0.4) is 0 Å². The molecule has 0 aliphatic heterocycles. The number of rotatable bonds is 4. The first-order chi connectivity index (χ1) is 8.44.